The smallest absolute Gasteiger partial charge is 0.189 e. The van der Waals surface area contributed by atoms with Crippen LogP contribution in [0.15, 0.2) is 53.2 Å². The Hall–Kier alpha value is -2.33. The summed E-state index contributed by atoms with van der Waals surface area (Å²) >= 11 is 0. The topological polar surface area (TPSA) is 52.0 Å². The Morgan fingerprint density at radius 1 is 1.30 bits per heavy atom. The minimum Gasteiger partial charge on any atom is -0.490 e. The zero-order chi connectivity index (χ0) is 13.8. The predicted molar refractivity (Wildman–Crippen MR) is 73.7 cm³/mol. The molecule has 1 unspecified atom stereocenters. The van der Waals surface area contributed by atoms with Crippen molar-refractivity contribution in [1.82, 2.24) is 0 Å². The van der Waals surface area contributed by atoms with Crippen LogP contribution in [0.25, 0.3) is 6.08 Å². The van der Waals surface area contributed by atoms with Crippen LogP contribution in [-0.4, -0.2) is 25.1 Å². The number of ketones is 1. The molecule has 0 spiro atoms. The van der Waals surface area contributed by atoms with Gasteiger partial charge in [-0.25, -0.2) is 0 Å². The molecule has 1 aromatic heterocycles. The van der Waals surface area contributed by atoms with Crippen molar-refractivity contribution >= 4 is 11.9 Å². The standard InChI is InChI=1S/C16H14O4/c17-15(8-7-12-4-3-9-18-12)14-5-1-2-6-16(14)20-11-13-10-19-13/h1-9,13H,10-11H2/b8-7+. The summed E-state index contributed by atoms with van der Waals surface area (Å²) in [5.41, 5.74) is 0.538. The Balaban J connectivity index is 1.72. The van der Waals surface area contributed by atoms with Crippen LogP contribution in [0.2, 0.25) is 0 Å². The Morgan fingerprint density at radius 2 is 2.15 bits per heavy atom. The molecule has 2 aromatic rings. The van der Waals surface area contributed by atoms with Crippen molar-refractivity contribution in [3.8, 4) is 5.75 Å². The Morgan fingerprint density at radius 3 is 2.90 bits per heavy atom. The van der Waals surface area contributed by atoms with Crippen LogP contribution in [0.5, 0.6) is 5.75 Å². The van der Waals surface area contributed by atoms with E-state index in [1.165, 1.54) is 6.08 Å². The number of carbonyl (C=O) groups is 1. The lowest BCUT2D eigenvalue weighted by molar-refractivity contribution is 0.104. The highest BCUT2D eigenvalue weighted by atomic mass is 16.6. The minimum absolute atomic E-state index is 0.117. The van der Waals surface area contributed by atoms with Crippen LogP contribution < -0.4 is 4.74 Å². The summed E-state index contributed by atoms with van der Waals surface area (Å²) in [6, 6.07) is 10.8. The maximum Gasteiger partial charge on any atom is 0.189 e. The molecule has 2 heterocycles. The van der Waals surface area contributed by atoms with E-state index in [0.29, 0.717) is 23.7 Å². The van der Waals surface area contributed by atoms with Crippen molar-refractivity contribution in [2.24, 2.45) is 0 Å². The number of para-hydroxylation sites is 1. The molecule has 1 saturated heterocycles. The van der Waals surface area contributed by atoms with Crippen LogP contribution in [0.4, 0.5) is 0 Å². The number of rotatable bonds is 6. The molecule has 1 atom stereocenters. The van der Waals surface area contributed by atoms with Crippen molar-refractivity contribution in [1.29, 1.82) is 0 Å². The highest BCUT2D eigenvalue weighted by Crippen LogP contribution is 2.21. The van der Waals surface area contributed by atoms with Crippen LogP contribution in [0.3, 0.4) is 0 Å². The molecule has 0 saturated carbocycles. The number of hydrogen-bond donors (Lipinski definition) is 0. The zero-order valence-electron chi connectivity index (χ0n) is 10.8. The molecule has 1 aliphatic rings. The molecular formula is C16H14O4. The molecular weight excluding hydrogens is 256 g/mol. The van der Waals surface area contributed by atoms with Gasteiger partial charge in [-0.2, -0.15) is 0 Å². The van der Waals surface area contributed by atoms with Gasteiger partial charge in [0.15, 0.2) is 5.78 Å². The van der Waals surface area contributed by atoms with Gasteiger partial charge in [0, 0.05) is 0 Å². The lowest BCUT2D eigenvalue weighted by Crippen LogP contribution is -2.07. The van der Waals surface area contributed by atoms with Crippen LogP contribution in [0, 0.1) is 0 Å². The first-order chi connectivity index (χ1) is 9.83. The van der Waals surface area contributed by atoms with Crippen molar-refractivity contribution in [3.05, 3.63) is 60.1 Å². The second-order valence-corrected chi connectivity index (χ2v) is 4.48. The molecule has 3 rings (SSSR count). The quantitative estimate of drug-likeness (QED) is 0.460. The molecule has 4 heteroatoms. The molecule has 4 nitrogen and oxygen atoms in total. The normalized spacial score (nSPS) is 17.3. The highest BCUT2D eigenvalue weighted by molar-refractivity contribution is 6.08. The molecule has 1 aromatic carbocycles. The fraction of sp³-hybridized carbons (Fsp3) is 0.188. The van der Waals surface area contributed by atoms with Gasteiger partial charge < -0.3 is 13.9 Å². The van der Waals surface area contributed by atoms with Gasteiger partial charge in [0.25, 0.3) is 0 Å². The van der Waals surface area contributed by atoms with Gasteiger partial charge in [-0.1, -0.05) is 12.1 Å². The van der Waals surface area contributed by atoms with E-state index in [1.807, 2.05) is 12.1 Å². The molecule has 20 heavy (non-hydrogen) atoms. The van der Waals surface area contributed by atoms with Gasteiger partial charge in [0.05, 0.1) is 18.4 Å². The van der Waals surface area contributed by atoms with E-state index >= 15 is 0 Å². The van der Waals surface area contributed by atoms with E-state index < -0.39 is 0 Å². The van der Waals surface area contributed by atoms with Gasteiger partial charge in [0.1, 0.15) is 24.2 Å². The van der Waals surface area contributed by atoms with E-state index in [2.05, 4.69) is 0 Å². The molecule has 1 aliphatic heterocycles. The van der Waals surface area contributed by atoms with Gasteiger partial charge in [-0.3, -0.25) is 4.79 Å². The molecule has 0 radical (unpaired) electrons. The van der Waals surface area contributed by atoms with Gasteiger partial charge >= 0.3 is 0 Å². The monoisotopic (exact) mass is 270 g/mol. The van der Waals surface area contributed by atoms with Gasteiger partial charge in [-0.05, 0) is 36.4 Å². The Kier molecular flexibility index (Phi) is 3.65. The summed E-state index contributed by atoms with van der Waals surface area (Å²) in [7, 11) is 0. The lowest BCUT2D eigenvalue weighted by atomic mass is 10.1. The number of benzene rings is 1. The SMILES string of the molecule is O=C(/C=C/c1ccco1)c1ccccc1OCC1CO1. The van der Waals surface area contributed by atoms with Crippen LogP contribution in [0.1, 0.15) is 16.1 Å². The first kappa shape index (κ1) is 12.7. The lowest BCUT2D eigenvalue weighted by Gasteiger charge is -2.07. The average molecular weight is 270 g/mol. The molecule has 0 aliphatic carbocycles. The Labute approximate surface area is 116 Å². The van der Waals surface area contributed by atoms with Crippen LogP contribution >= 0.6 is 0 Å². The summed E-state index contributed by atoms with van der Waals surface area (Å²) < 4.78 is 15.9. The van der Waals surface area contributed by atoms with Crippen molar-refractivity contribution < 1.29 is 18.7 Å². The number of epoxide rings is 1. The van der Waals surface area contributed by atoms with E-state index in [9.17, 15) is 4.79 Å². The number of hydrogen-bond acceptors (Lipinski definition) is 4. The third kappa shape index (κ3) is 3.16. The zero-order valence-corrected chi connectivity index (χ0v) is 10.8. The molecule has 0 bridgehead atoms. The van der Waals surface area contributed by atoms with Crippen molar-refractivity contribution in [2.45, 2.75) is 6.10 Å². The average Bonchev–Trinajstić information content (AvgIpc) is 3.17. The van der Waals surface area contributed by atoms with E-state index in [4.69, 9.17) is 13.9 Å². The summed E-state index contributed by atoms with van der Waals surface area (Å²) in [5, 5.41) is 0. The summed E-state index contributed by atoms with van der Waals surface area (Å²) in [5.74, 6) is 1.11. The maximum atomic E-state index is 12.2. The summed E-state index contributed by atoms with van der Waals surface area (Å²) in [6.07, 6.45) is 4.85. The molecule has 1 fully saturated rings. The summed E-state index contributed by atoms with van der Waals surface area (Å²) in [4.78, 5) is 12.2. The van der Waals surface area contributed by atoms with Crippen molar-refractivity contribution in [3.63, 3.8) is 0 Å². The first-order valence-corrected chi connectivity index (χ1v) is 6.42. The predicted octanol–water partition coefficient (Wildman–Crippen LogP) is 2.95. The molecule has 102 valence electrons. The molecule has 0 N–H and O–H groups in total. The minimum atomic E-state index is -0.117. The van der Waals surface area contributed by atoms with Crippen molar-refractivity contribution in [2.75, 3.05) is 13.2 Å². The fourth-order valence-electron chi connectivity index (χ4n) is 1.78. The number of ether oxygens (including phenoxy) is 2. The third-order valence-corrected chi connectivity index (χ3v) is 2.92. The third-order valence-electron chi connectivity index (χ3n) is 2.92. The number of allylic oxidation sites excluding steroid dienone is 1. The second kappa shape index (κ2) is 5.75. The Bertz CT molecular complexity index is 609. The molecule has 0 amide bonds. The largest absolute Gasteiger partial charge is 0.490 e. The van der Waals surface area contributed by atoms with Gasteiger partial charge in [0.2, 0.25) is 0 Å². The van der Waals surface area contributed by atoms with E-state index in [-0.39, 0.29) is 11.9 Å². The number of furan rings is 1. The maximum absolute atomic E-state index is 12.2. The summed E-state index contributed by atoms with van der Waals surface area (Å²) in [6.45, 7) is 1.21. The van der Waals surface area contributed by atoms with E-state index in [1.54, 1.807) is 36.6 Å². The second-order valence-electron chi connectivity index (χ2n) is 4.48. The highest BCUT2D eigenvalue weighted by Gasteiger charge is 2.23. The van der Waals surface area contributed by atoms with E-state index in [0.717, 1.165) is 6.61 Å². The number of carbonyl (C=O) groups excluding carboxylic acids is 1. The van der Waals surface area contributed by atoms with Gasteiger partial charge in [-0.15, -0.1) is 0 Å². The fourth-order valence-corrected chi connectivity index (χ4v) is 1.78. The van der Waals surface area contributed by atoms with Crippen LogP contribution in [-0.2, 0) is 4.74 Å². The first-order valence-electron chi connectivity index (χ1n) is 6.42.